The summed E-state index contributed by atoms with van der Waals surface area (Å²) >= 11 is 0. The van der Waals surface area contributed by atoms with Crippen LogP contribution in [0, 0.1) is 0 Å². The van der Waals surface area contributed by atoms with E-state index in [2.05, 4.69) is 59.4 Å². The van der Waals surface area contributed by atoms with Crippen LogP contribution in [0.4, 0.5) is 5.95 Å². The second kappa shape index (κ2) is 7.10. The minimum atomic E-state index is 0.364. The lowest BCUT2D eigenvalue weighted by atomic mass is 10.1. The molecule has 0 aliphatic rings. The van der Waals surface area contributed by atoms with Gasteiger partial charge in [-0.1, -0.05) is 44.2 Å². The first-order chi connectivity index (χ1) is 9.76. The van der Waals surface area contributed by atoms with Crippen molar-refractivity contribution in [2.45, 2.75) is 19.9 Å². The van der Waals surface area contributed by atoms with Crippen LogP contribution in [0.25, 0.3) is 0 Å². The van der Waals surface area contributed by atoms with E-state index in [1.165, 1.54) is 5.56 Å². The maximum absolute atomic E-state index is 4.33. The summed E-state index contributed by atoms with van der Waals surface area (Å²) in [7, 11) is 2.00. The predicted molar refractivity (Wildman–Crippen MR) is 83.8 cm³/mol. The molecule has 0 spiro atoms. The molecule has 0 bridgehead atoms. The van der Waals surface area contributed by atoms with Crippen molar-refractivity contribution in [3.8, 4) is 0 Å². The third-order valence-corrected chi connectivity index (χ3v) is 3.71. The van der Waals surface area contributed by atoms with E-state index >= 15 is 0 Å². The van der Waals surface area contributed by atoms with Gasteiger partial charge in [0.2, 0.25) is 5.95 Å². The molecule has 0 aliphatic heterocycles. The summed E-state index contributed by atoms with van der Waals surface area (Å²) in [4.78, 5) is 6.79. The van der Waals surface area contributed by atoms with Gasteiger partial charge in [0, 0.05) is 26.0 Å². The van der Waals surface area contributed by atoms with E-state index in [0.717, 1.165) is 25.6 Å². The molecule has 1 aromatic carbocycles. The fourth-order valence-corrected chi connectivity index (χ4v) is 2.52. The zero-order chi connectivity index (χ0) is 14.4. The molecule has 0 fully saturated rings. The number of hydrogen-bond donors (Lipinski definition) is 1. The third-order valence-electron chi connectivity index (χ3n) is 3.71. The van der Waals surface area contributed by atoms with Gasteiger partial charge < -0.3 is 9.88 Å². The summed E-state index contributed by atoms with van der Waals surface area (Å²) in [6.07, 6.45) is 3.77. The van der Waals surface area contributed by atoms with E-state index in [0.29, 0.717) is 6.04 Å². The number of nitrogens with zero attached hydrogens (tertiary/aromatic N) is 3. The highest BCUT2D eigenvalue weighted by Crippen LogP contribution is 2.20. The van der Waals surface area contributed by atoms with Crippen LogP contribution in [-0.2, 0) is 7.05 Å². The molecule has 0 radical (unpaired) electrons. The standard InChI is InChI=1S/C16H24N4/c1-4-20(5-2)15(14-9-7-6-8-10-14)13-18-16-17-11-12-19(16)3/h6-12,15H,4-5,13H2,1-3H3,(H,17,18). The number of likely N-dealkylation sites (N-methyl/N-ethyl adjacent to an activating group) is 1. The fraction of sp³-hybridized carbons (Fsp3) is 0.438. The van der Waals surface area contributed by atoms with Crippen LogP contribution in [0.1, 0.15) is 25.5 Å². The first kappa shape index (κ1) is 14.6. The van der Waals surface area contributed by atoms with Gasteiger partial charge >= 0.3 is 0 Å². The minimum absolute atomic E-state index is 0.364. The maximum atomic E-state index is 4.33. The molecule has 0 saturated carbocycles. The SMILES string of the molecule is CCN(CC)C(CNc1nccn1C)c1ccccc1. The molecule has 1 atom stereocenters. The van der Waals surface area contributed by atoms with Gasteiger partial charge in [-0.3, -0.25) is 4.90 Å². The highest BCUT2D eigenvalue weighted by Gasteiger charge is 2.17. The van der Waals surface area contributed by atoms with Crippen molar-refractivity contribution in [3.05, 3.63) is 48.3 Å². The van der Waals surface area contributed by atoms with Crippen LogP contribution in [0.15, 0.2) is 42.7 Å². The highest BCUT2D eigenvalue weighted by atomic mass is 15.2. The number of nitrogens with one attached hydrogen (secondary N) is 1. The molecule has 0 aliphatic carbocycles. The van der Waals surface area contributed by atoms with Gasteiger partial charge in [-0.05, 0) is 18.7 Å². The molecule has 108 valence electrons. The number of imidazole rings is 1. The van der Waals surface area contributed by atoms with E-state index in [4.69, 9.17) is 0 Å². The number of aromatic nitrogens is 2. The Kier molecular flexibility index (Phi) is 5.18. The van der Waals surface area contributed by atoms with Crippen LogP contribution in [0.5, 0.6) is 0 Å². The summed E-state index contributed by atoms with van der Waals surface area (Å²) in [5.74, 6) is 0.915. The van der Waals surface area contributed by atoms with Crippen LogP contribution >= 0.6 is 0 Å². The van der Waals surface area contributed by atoms with E-state index in [1.807, 2.05) is 24.0 Å². The van der Waals surface area contributed by atoms with Gasteiger partial charge in [-0.15, -0.1) is 0 Å². The van der Waals surface area contributed by atoms with Gasteiger partial charge in [-0.25, -0.2) is 4.98 Å². The average molecular weight is 272 g/mol. The molecule has 1 aromatic heterocycles. The molecule has 2 rings (SSSR count). The number of aryl methyl sites for hydroxylation is 1. The lowest BCUT2D eigenvalue weighted by Gasteiger charge is -2.30. The molecule has 4 heteroatoms. The topological polar surface area (TPSA) is 33.1 Å². The van der Waals surface area contributed by atoms with Crippen molar-refractivity contribution >= 4 is 5.95 Å². The van der Waals surface area contributed by atoms with Crippen LogP contribution in [0.3, 0.4) is 0 Å². The molecular formula is C16H24N4. The average Bonchev–Trinajstić information content (AvgIpc) is 2.90. The molecule has 0 amide bonds. The molecule has 20 heavy (non-hydrogen) atoms. The highest BCUT2D eigenvalue weighted by molar-refractivity contribution is 5.28. The van der Waals surface area contributed by atoms with Crippen molar-refractivity contribution in [3.63, 3.8) is 0 Å². The Morgan fingerprint density at radius 2 is 1.90 bits per heavy atom. The molecule has 1 heterocycles. The van der Waals surface area contributed by atoms with E-state index in [1.54, 1.807) is 0 Å². The molecule has 2 aromatic rings. The second-order valence-corrected chi connectivity index (χ2v) is 4.89. The molecule has 0 saturated heterocycles. The predicted octanol–water partition coefficient (Wildman–Crippen LogP) is 2.92. The van der Waals surface area contributed by atoms with Crippen LogP contribution in [0.2, 0.25) is 0 Å². The van der Waals surface area contributed by atoms with Gasteiger partial charge in [0.15, 0.2) is 0 Å². The van der Waals surface area contributed by atoms with Gasteiger partial charge in [0.05, 0.1) is 6.04 Å². The van der Waals surface area contributed by atoms with Crippen molar-refractivity contribution in [2.24, 2.45) is 7.05 Å². The number of benzene rings is 1. The number of hydrogen-bond acceptors (Lipinski definition) is 3. The summed E-state index contributed by atoms with van der Waals surface area (Å²) < 4.78 is 2.00. The Balaban J connectivity index is 2.13. The monoisotopic (exact) mass is 272 g/mol. The molecular weight excluding hydrogens is 248 g/mol. The summed E-state index contributed by atoms with van der Waals surface area (Å²) in [6.45, 7) is 7.35. The Hall–Kier alpha value is -1.81. The number of anilines is 1. The Bertz CT molecular complexity index is 502. The van der Waals surface area contributed by atoms with Crippen molar-refractivity contribution in [1.29, 1.82) is 0 Å². The lowest BCUT2D eigenvalue weighted by molar-refractivity contribution is 0.228. The third kappa shape index (κ3) is 3.39. The Labute approximate surface area is 121 Å². The van der Waals surface area contributed by atoms with Crippen LogP contribution in [-0.4, -0.2) is 34.1 Å². The first-order valence-corrected chi connectivity index (χ1v) is 7.26. The van der Waals surface area contributed by atoms with E-state index in [-0.39, 0.29) is 0 Å². The quantitative estimate of drug-likeness (QED) is 0.841. The van der Waals surface area contributed by atoms with E-state index in [9.17, 15) is 0 Å². The maximum Gasteiger partial charge on any atom is 0.202 e. The minimum Gasteiger partial charge on any atom is -0.354 e. The summed E-state index contributed by atoms with van der Waals surface area (Å²) in [5.41, 5.74) is 1.35. The zero-order valence-corrected chi connectivity index (χ0v) is 12.6. The van der Waals surface area contributed by atoms with Crippen molar-refractivity contribution < 1.29 is 0 Å². The molecule has 1 unspecified atom stereocenters. The number of rotatable bonds is 7. The summed E-state index contributed by atoms with van der Waals surface area (Å²) in [5, 5.41) is 3.45. The lowest BCUT2D eigenvalue weighted by Crippen LogP contribution is -2.33. The largest absolute Gasteiger partial charge is 0.354 e. The Morgan fingerprint density at radius 3 is 2.45 bits per heavy atom. The van der Waals surface area contributed by atoms with E-state index < -0.39 is 0 Å². The fourth-order valence-electron chi connectivity index (χ4n) is 2.52. The van der Waals surface area contributed by atoms with Gasteiger partial charge in [-0.2, -0.15) is 0 Å². The Morgan fingerprint density at radius 1 is 1.20 bits per heavy atom. The first-order valence-electron chi connectivity index (χ1n) is 7.26. The summed E-state index contributed by atoms with van der Waals surface area (Å²) in [6, 6.07) is 11.0. The van der Waals surface area contributed by atoms with Crippen molar-refractivity contribution in [1.82, 2.24) is 14.5 Å². The molecule has 4 nitrogen and oxygen atoms in total. The zero-order valence-electron chi connectivity index (χ0n) is 12.6. The molecule has 1 N–H and O–H groups in total. The second-order valence-electron chi connectivity index (χ2n) is 4.89. The van der Waals surface area contributed by atoms with Gasteiger partial charge in [0.25, 0.3) is 0 Å². The van der Waals surface area contributed by atoms with Crippen LogP contribution < -0.4 is 5.32 Å². The smallest absolute Gasteiger partial charge is 0.202 e. The normalized spacial score (nSPS) is 12.6. The van der Waals surface area contributed by atoms with Crippen molar-refractivity contribution in [2.75, 3.05) is 25.0 Å². The van der Waals surface area contributed by atoms with Gasteiger partial charge in [0.1, 0.15) is 0 Å².